The molecule has 0 amide bonds. The molecular formula is C14H19N5O2. The second-order valence-corrected chi connectivity index (χ2v) is 5.25. The van der Waals surface area contributed by atoms with Crippen molar-refractivity contribution < 1.29 is 4.92 Å². The van der Waals surface area contributed by atoms with Crippen LogP contribution in [-0.4, -0.2) is 28.5 Å². The van der Waals surface area contributed by atoms with Gasteiger partial charge in [0.2, 0.25) is 5.82 Å². The third kappa shape index (κ3) is 3.11. The van der Waals surface area contributed by atoms with Gasteiger partial charge in [-0.1, -0.05) is 0 Å². The number of aromatic nitrogens is 1. The Kier molecular flexibility index (Phi) is 4.70. The minimum atomic E-state index is -0.516. The van der Waals surface area contributed by atoms with Crippen LogP contribution in [0, 0.1) is 21.4 Å². The molecular weight excluding hydrogens is 270 g/mol. The van der Waals surface area contributed by atoms with Gasteiger partial charge < -0.3 is 10.6 Å². The first-order chi connectivity index (χ1) is 10.1. The highest BCUT2D eigenvalue weighted by Crippen LogP contribution is 2.33. The number of rotatable bonds is 4. The molecule has 0 radical (unpaired) electrons. The van der Waals surface area contributed by atoms with Crippen molar-refractivity contribution in [3.63, 3.8) is 0 Å². The highest BCUT2D eigenvalue weighted by atomic mass is 16.6. The van der Waals surface area contributed by atoms with E-state index in [2.05, 4.69) is 4.98 Å². The van der Waals surface area contributed by atoms with Crippen molar-refractivity contribution in [3.8, 4) is 6.07 Å². The zero-order valence-corrected chi connectivity index (χ0v) is 12.0. The molecule has 7 nitrogen and oxygen atoms in total. The molecule has 1 aliphatic rings. The maximum absolute atomic E-state index is 11.3. The number of nitrogens with two attached hydrogens (primary N) is 1. The third-order valence-electron chi connectivity index (χ3n) is 4.00. The summed E-state index contributed by atoms with van der Waals surface area (Å²) in [4.78, 5) is 16.9. The highest BCUT2D eigenvalue weighted by molar-refractivity contribution is 5.65. The van der Waals surface area contributed by atoms with Crippen LogP contribution < -0.4 is 10.6 Å². The summed E-state index contributed by atoms with van der Waals surface area (Å²) >= 11 is 0. The number of nitro groups is 1. The van der Waals surface area contributed by atoms with Crippen molar-refractivity contribution in [3.05, 3.63) is 27.9 Å². The molecule has 0 saturated heterocycles. The van der Waals surface area contributed by atoms with Gasteiger partial charge in [-0.2, -0.15) is 5.26 Å². The fourth-order valence-corrected chi connectivity index (χ4v) is 2.92. The Balaban J connectivity index is 2.38. The Morgan fingerprint density at radius 3 is 2.71 bits per heavy atom. The van der Waals surface area contributed by atoms with Crippen LogP contribution in [0.3, 0.4) is 0 Å². The summed E-state index contributed by atoms with van der Waals surface area (Å²) < 4.78 is 0. The molecule has 1 aromatic rings. The standard InChI is InChI=1S/C14H19N5O2/c1-2-18(12-5-3-11(16)4-6-12)14-13(19(20)21)10(9-15)7-8-17-14/h7-8,11-12H,2-6,16H2,1H3. The Morgan fingerprint density at radius 2 is 2.19 bits per heavy atom. The molecule has 0 aromatic carbocycles. The normalized spacial score (nSPS) is 21.6. The van der Waals surface area contributed by atoms with Crippen molar-refractivity contribution in [2.45, 2.75) is 44.7 Å². The maximum atomic E-state index is 11.3. The Morgan fingerprint density at radius 1 is 1.52 bits per heavy atom. The van der Waals surface area contributed by atoms with E-state index < -0.39 is 4.92 Å². The van der Waals surface area contributed by atoms with Crippen molar-refractivity contribution >= 4 is 11.5 Å². The lowest BCUT2D eigenvalue weighted by Crippen LogP contribution is -2.41. The first-order valence-corrected chi connectivity index (χ1v) is 7.14. The van der Waals surface area contributed by atoms with E-state index in [9.17, 15) is 10.1 Å². The molecule has 0 atom stereocenters. The molecule has 0 aliphatic heterocycles. The Hall–Kier alpha value is -2.20. The molecule has 0 bridgehead atoms. The highest BCUT2D eigenvalue weighted by Gasteiger charge is 2.31. The number of nitriles is 1. The minimum Gasteiger partial charge on any atom is -0.348 e. The van der Waals surface area contributed by atoms with Gasteiger partial charge in [0.05, 0.1) is 4.92 Å². The number of hydrogen-bond donors (Lipinski definition) is 1. The summed E-state index contributed by atoms with van der Waals surface area (Å²) in [6.45, 7) is 2.56. The van der Waals surface area contributed by atoms with Crippen molar-refractivity contribution in [1.29, 1.82) is 5.26 Å². The maximum Gasteiger partial charge on any atom is 0.329 e. The zero-order chi connectivity index (χ0) is 15.4. The molecule has 1 aliphatic carbocycles. The fraction of sp³-hybridized carbons (Fsp3) is 0.571. The zero-order valence-electron chi connectivity index (χ0n) is 12.0. The SMILES string of the molecule is CCN(c1nccc(C#N)c1[N+](=O)[O-])C1CCC(N)CC1. The van der Waals surface area contributed by atoms with Gasteiger partial charge in [-0.3, -0.25) is 10.1 Å². The average Bonchev–Trinajstić information content (AvgIpc) is 2.49. The van der Waals surface area contributed by atoms with Gasteiger partial charge in [0, 0.05) is 24.8 Å². The van der Waals surface area contributed by atoms with E-state index >= 15 is 0 Å². The number of pyridine rings is 1. The number of anilines is 1. The van der Waals surface area contributed by atoms with E-state index in [0.717, 1.165) is 25.7 Å². The van der Waals surface area contributed by atoms with E-state index in [1.54, 1.807) is 0 Å². The van der Waals surface area contributed by atoms with Crippen LogP contribution in [-0.2, 0) is 0 Å². The van der Waals surface area contributed by atoms with Gasteiger partial charge in [-0.25, -0.2) is 4.98 Å². The van der Waals surface area contributed by atoms with Crippen molar-refractivity contribution in [2.75, 3.05) is 11.4 Å². The van der Waals surface area contributed by atoms with Gasteiger partial charge in [0.25, 0.3) is 0 Å². The molecule has 2 rings (SSSR count). The smallest absolute Gasteiger partial charge is 0.329 e. The first-order valence-electron chi connectivity index (χ1n) is 7.14. The van der Waals surface area contributed by atoms with Crippen LogP contribution in [0.25, 0.3) is 0 Å². The summed E-state index contributed by atoms with van der Waals surface area (Å²) in [6, 6.07) is 3.66. The fourth-order valence-electron chi connectivity index (χ4n) is 2.92. The Labute approximate surface area is 123 Å². The monoisotopic (exact) mass is 289 g/mol. The van der Waals surface area contributed by atoms with Gasteiger partial charge in [0.15, 0.2) is 0 Å². The van der Waals surface area contributed by atoms with Crippen molar-refractivity contribution in [2.24, 2.45) is 5.73 Å². The van der Waals surface area contributed by atoms with Gasteiger partial charge in [-0.15, -0.1) is 0 Å². The number of nitrogens with zero attached hydrogens (tertiary/aromatic N) is 4. The van der Waals surface area contributed by atoms with Gasteiger partial charge in [0.1, 0.15) is 11.6 Å². The molecule has 2 N–H and O–H groups in total. The van der Waals surface area contributed by atoms with E-state index in [4.69, 9.17) is 11.0 Å². The molecule has 7 heteroatoms. The Bertz CT molecular complexity index is 561. The summed E-state index contributed by atoms with van der Waals surface area (Å²) in [5.74, 6) is 0.294. The topological polar surface area (TPSA) is 109 Å². The van der Waals surface area contributed by atoms with Gasteiger partial charge in [-0.05, 0) is 38.7 Å². The average molecular weight is 289 g/mol. The minimum absolute atomic E-state index is 0.0518. The lowest BCUT2D eigenvalue weighted by Gasteiger charge is -2.35. The molecule has 21 heavy (non-hydrogen) atoms. The van der Waals surface area contributed by atoms with E-state index in [0.29, 0.717) is 12.4 Å². The molecule has 0 unspecified atom stereocenters. The summed E-state index contributed by atoms with van der Waals surface area (Å²) in [6.07, 6.45) is 5.06. The molecule has 1 heterocycles. The predicted molar refractivity (Wildman–Crippen MR) is 78.9 cm³/mol. The summed E-state index contributed by atoms with van der Waals surface area (Å²) in [7, 11) is 0. The van der Waals surface area contributed by atoms with Gasteiger partial charge >= 0.3 is 5.69 Å². The number of hydrogen-bond acceptors (Lipinski definition) is 6. The molecule has 1 fully saturated rings. The van der Waals surface area contributed by atoms with Crippen LogP contribution in [0.1, 0.15) is 38.2 Å². The van der Waals surface area contributed by atoms with Crippen LogP contribution in [0.2, 0.25) is 0 Å². The lowest BCUT2D eigenvalue weighted by atomic mass is 9.90. The molecule has 1 saturated carbocycles. The lowest BCUT2D eigenvalue weighted by molar-refractivity contribution is -0.384. The molecule has 112 valence electrons. The quantitative estimate of drug-likeness (QED) is 0.670. The first kappa shape index (κ1) is 15.2. The van der Waals surface area contributed by atoms with Crippen LogP contribution in [0.15, 0.2) is 12.3 Å². The summed E-state index contributed by atoms with van der Waals surface area (Å²) in [5.41, 5.74) is 5.77. The second-order valence-electron chi connectivity index (χ2n) is 5.25. The van der Waals surface area contributed by atoms with Crippen LogP contribution in [0.5, 0.6) is 0 Å². The second kappa shape index (κ2) is 6.50. The van der Waals surface area contributed by atoms with Crippen molar-refractivity contribution in [1.82, 2.24) is 4.98 Å². The van der Waals surface area contributed by atoms with E-state index in [1.807, 2.05) is 17.9 Å². The largest absolute Gasteiger partial charge is 0.348 e. The molecule has 0 spiro atoms. The van der Waals surface area contributed by atoms with Crippen LogP contribution in [0.4, 0.5) is 11.5 Å². The third-order valence-corrected chi connectivity index (χ3v) is 4.00. The summed E-state index contributed by atoms with van der Waals surface area (Å²) in [5, 5.41) is 20.4. The predicted octanol–water partition coefficient (Wildman–Crippen LogP) is 1.96. The molecule has 1 aromatic heterocycles. The van der Waals surface area contributed by atoms with Crippen LogP contribution >= 0.6 is 0 Å². The van der Waals surface area contributed by atoms with E-state index in [-0.39, 0.29) is 23.3 Å². The van der Waals surface area contributed by atoms with E-state index in [1.165, 1.54) is 12.3 Å².